The molecule has 0 bridgehead atoms. The van der Waals surface area contributed by atoms with Crippen LogP contribution in [0.3, 0.4) is 0 Å². The van der Waals surface area contributed by atoms with Crippen molar-refractivity contribution in [1.29, 1.82) is 0 Å². The maximum absolute atomic E-state index is 13.7. The summed E-state index contributed by atoms with van der Waals surface area (Å²) in [7, 11) is 0. The summed E-state index contributed by atoms with van der Waals surface area (Å²) >= 11 is 0. The van der Waals surface area contributed by atoms with Gasteiger partial charge in [0.25, 0.3) is 5.91 Å². The lowest BCUT2D eigenvalue weighted by atomic mass is 9.74. The minimum atomic E-state index is -0.0833. The van der Waals surface area contributed by atoms with Crippen molar-refractivity contribution in [2.45, 2.75) is 31.3 Å². The quantitative estimate of drug-likeness (QED) is 0.195. The third kappa shape index (κ3) is 3.69. The molecule has 38 heavy (non-hydrogen) atoms. The maximum atomic E-state index is 13.7. The maximum Gasteiger partial charge on any atom is 0.253 e. The van der Waals surface area contributed by atoms with E-state index in [1.54, 1.807) is 0 Å². The third-order valence-electron chi connectivity index (χ3n) is 8.41. The second-order valence-electron chi connectivity index (χ2n) is 10.6. The molecule has 0 saturated heterocycles. The molecule has 1 heterocycles. The highest BCUT2D eigenvalue weighted by atomic mass is 16.1. The molecule has 4 atom stereocenters. The number of allylic oxidation sites excluding steroid dienone is 2. The second kappa shape index (κ2) is 9.18. The first-order chi connectivity index (χ1) is 18.7. The Morgan fingerprint density at radius 2 is 1.53 bits per heavy atom. The zero-order valence-electron chi connectivity index (χ0n) is 21.4. The standard InChI is InChI=1S/C35H30N2O/c1-22(23-11-3-2-4-12-23)36-35(38)31-20-10-18-29-28-17-9-19-30(28)34(37-33(29)31)32-26-15-7-5-13-24(26)21-25-14-6-8-16-27(25)32/h2-18,20-22,28,30,34,37H,19H2,1H3,(H,36,38). The van der Waals surface area contributed by atoms with Crippen molar-refractivity contribution in [3.05, 3.63) is 138 Å². The molecule has 3 nitrogen and oxygen atoms in total. The van der Waals surface area contributed by atoms with Crippen LogP contribution >= 0.6 is 0 Å². The first-order valence-corrected chi connectivity index (χ1v) is 13.5. The molecule has 186 valence electrons. The zero-order chi connectivity index (χ0) is 25.6. The van der Waals surface area contributed by atoms with Crippen molar-refractivity contribution in [3.8, 4) is 0 Å². The van der Waals surface area contributed by atoms with Crippen LogP contribution in [-0.4, -0.2) is 5.91 Å². The average Bonchev–Trinajstić information content (AvgIpc) is 3.46. The Morgan fingerprint density at radius 1 is 0.842 bits per heavy atom. The molecular formula is C35H30N2O. The van der Waals surface area contributed by atoms with E-state index in [0.29, 0.717) is 11.5 Å². The SMILES string of the molecule is CC(NC(=O)c1cccc2c1NC(c1c3ccccc3cc3ccccc13)C1CC=CC21)c1ccccc1. The van der Waals surface area contributed by atoms with Crippen molar-refractivity contribution >= 4 is 33.1 Å². The van der Waals surface area contributed by atoms with Crippen LogP contribution in [0.1, 0.15) is 58.4 Å². The van der Waals surface area contributed by atoms with Gasteiger partial charge >= 0.3 is 0 Å². The van der Waals surface area contributed by atoms with Gasteiger partial charge in [-0.15, -0.1) is 0 Å². The monoisotopic (exact) mass is 494 g/mol. The number of rotatable bonds is 4. The molecule has 0 fully saturated rings. The number of benzene rings is 5. The van der Waals surface area contributed by atoms with E-state index in [9.17, 15) is 4.79 Å². The van der Waals surface area contributed by atoms with Gasteiger partial charge in [0, 0.05) is 5.92 Å². The normalized spacial score (nSPS) is 20.5. The van der Waals surface area contributed by atoms with Crippen molar-refractivity contribution < 1.29 is 4.79 Å². The predicted molar refractivity (Wildman–Crippen MR) is 157 cm³/mol. The zero-order valence-corrected chi connectivity index (χ0v) is 21.4. The minimum Gasteiger partial charge on any atom is -0.377 e. The lowest BCUT2D eigenvalue weighted by Crippen LogP contribution is -2.33. The summed E-state index contributed by atoms with van der Waals surface area (Å²) in [4.78, 5) is 13.7. The summed E-state index contributed by atoms with van der Waals surface area (Å²) in [5, 5.41) is 12.2. The van der Waals surface area contributed by atoms with Crippen LogP contribution in [0.4, 0.5) is 5.69 Å². The van der Waals surface area contributed by atoms with E-state index in [-0.39, 0.29) is 23.9 Å². The Morgan fingerprint density at radius 3 is 2.26 bits per heavy atom. The highest BCUT2D eigenvalue weighted by Crippen LogP contribution is 2.52. The van der Waals surface area contributed by atoms with E-state index < -0.39 is 0 Å². The number of fused-ring (bicyclic) bond motifs is 5. The van der Waals surface area contributed by atoms with E-state index in [1.165, 1.54) is 32.7 Å². The summed E-state index contributed by atoms with van der Waals surface area (Å²) in [5.41, 5.74) is 5.30. The van der Waals surface area contributed by atoms with Gasteiger partial charge in [0.1, 0.15) is 0 Å². The fourth-order valence-electron chi connectivity index (χ4n) is 6.58. The lowest BCUT2D eigenvalue weighted by Gasteiger charge is -2.39. The van der Waals surface area contributed by atoms with Gasteiger partial charge in [0.2, 0.25) is 0 Å². The van der Waals surface area contributed by atoms with Gasteiger partial charge in [0.15, 0.2) is 0 Å². The minimum absolute atomic E-state index is 0.0485. The van der Waals surface area contributed by atoms with Gasteiger partial charge in [-0.1, -0.05) is 103 Å². The summed E-state index contributed by atoms with van der Waals surface area (Å²) in [5.74, 6) is 0.610. The number of nitrogens with one attached hydrogen (secondary N) is 2. The molecule has 2 aliphatic rings. The number of hydrogen-bond acceptors (Lipinski definition) is 2. The van der Waals surface area contributed by atoms with E-state index in [2.05, 4.69) is 95.6 Å². The first kappa shape index (κ1) is 22.8. The van der Waals surface area contributed by atoms with Crippen molar-refractivity contribution in [3.63, 3.8) is 0 Å². The van der Waals surface area contributed by atoms with Crippen LogP contribution < -0.4 is 10.6 Å². The number of carbonyl (C=O) groups excluding carboxylic acids is 1. The van der Waals surface area contributed by atoms with Crippen LogP contribution in [0.2, 0.25) is 0 Å². The van der Waals surface area contributed by atoms with Gasteiger partial charge in [-0.05, 0) is 69.6 Å². The summed E-state index contributed by atoms with van der Waals surface area (Å²) in [6.07, 6.45) is 5.68. The number of amides is 1. The number of para-hydroxylation sites is 1. The van der Waals surface area contributed by atoms with E-state index in [0.717, 1.165) is 17.7 Å². The van der Waals surface area contributed by atoms with Crippen LogP contribution in [0.5, 0.6) is 0 Å². The Labute approximate surface area is 223 Å². The Kier molecular flexibility index (Phi) is 5.51. The molecule has 1 aliphatic heterocycles. The summed E-state index contributed by atoms with van der Waals surface area (Å²) in [6, 6.07) is 36.0. The average molecular weight is 495 g/mol. The summed E-state index contributed by atoms with van der Waals surface area (Å²) in [6.45, 7) is 2.04. The molecule has 0 spiro atoms. The fourth-order valence-corrected chi connectivity index (χ4v) is 6.58. The van der Waals surface area contributed by atoms with E-state index >= 15 is 0 Å². The molecule has 4 unspecified atom stereocenters. The van der Waals surface area contributed by atoms with Crippen LogP contribution in [-0.2, 0) is 0 Å². The van der Waals surface area contributed by atoms with Gasteiger partial charge in [-0.2, -0.15) is 0 Å². The Bertz CT molecular complexity index is 1650. The Balaban J connectivity index is 1.35. The van der Waals surface area contributed by atoms with E-state index in [1.807, 2.05) is 37.3 Å². The third-order valence-corrected chi connectivity index (χ3v) is 8.41. The van der Waals surface area contributed by atoms with E-state index in [4.69, 9.17) is 0 Å². The van der Waals surface area contributed by atoms with Gasteiger partial charge in [0.05, 0.1) is 23.3 Å². The molecule has 5 aromatic rings. The second-order valence-corrected chi connectivity index (χ2v) is 10.6. The fraction of sp³-hybridized carbons (Fsp3) is 0.171. The van der Waals surface area contributed by atoms with Crippen molar-refractivity contribution in [1.82, 2.24) is 5.32 Å². The van der Waals surface area contributed by atoms with Gasteiger partial charge in [-0.25, -0.2) is 0 Å². The van der Waals surface area contributed by atoms with Crippen LogP contribution in [0, 0.1) is 5.92 Å². The first-order valence-electron chi connectivity index (χ1n) is 13.5. The molecule has 1 aliphatic carbocycles. The molecule has 0 radical (unpaired) electrons. The largest absolute Gasteiger partial charge is 0.377 e. The van der Waals surface area contributed by atoms with Crippen LogP contribution in [0.15, 0.2) is 115 Å². The topological polar surface area (TPSA) is 41.1 Å². The Hall–Kier alpha value is -4.37. The molecular weight excluding hydrogens is 464 g/mol. The van der Waals surface area contributed by atoms with Crippen molar-refractivity contribution in [2.75, 3.05) is 5.32 Å². The highest BCUT2D eigenvalue weighted by Gasteiger charge is 2.40. The number of anilines is 1. The molecule has 0 saturated carbocycles. The molecule has 5 aromatic carbocycles. The van der Waals surface area contributed by atoms with Gasteiger partial charge < -0.3 is 10.6 Å². The summed E-state index contributed by atoms with van der Waals surface area (Å²) < 4.78 is 0. The molecule has 2 N–H and O–H groups in total. The molecule has 7 rings (SSSR count). The number of carbonyl (C=O) groups is 1. The smallest absolute Gasteiger partial charge is 0.253 e. The molecule has 0 aromatic heterocycles. The highest BCUT2D eigenvalue weighted by molar-refractivity contribution is 6.04. The predicted octanol–water partition coefficient (Wildman–Crippen LogP) is 8.31. The number of hydrogen-bond donors (Lipinski definition) is 2. The van der Waals surface area contributed by atoms with Gasteiger partial charge in [-0.3, -0.25) is 4.79 Å². The van der Waals surface area contributed by atoms with Crippen LogP contribution in [0.25, 0.3) is 21.5 Å². The molecule has 1 amide bonds. The lowest BCUT2D eigenvalue weighted by molar-refractivity contribution is 0.0940. The van der Waals surface area contributed by atoms with Crippen molar-refractivity contribution in [2.24, 2.45) is 5.92 Å². The molecule has 3 heteroatoms.